The molecule has 2 atom stereocenters. The molecule has 0 saturated heterocycles. The van der Waals surface area contributed by atoms with Gasteiger partial charge in [0, 0.05) is 5.54 Å². The Morgan fingerprint density at radius 3 is 2.63 bits per heavy atom. The first-order chi connectivity index (χ1) is 8.87. The second-order valence-corrected chi connectivity index (χ2v) is 6.59. The van der Waals surface area contributed by atoms with Gasteiger partial charge in [0.25, 0.3) is 0 Å². The molecule has 3 heteroatoms. The highest BCUT2D eigenvalue weighted by Crippen LogP contribution is 2.40. The molecule has 1 aliphatic carbocycles. The lowest BCUT2D eigenvalue weighted by Gasteiger charge is -2.27. The van der Waals surface area contributed by atoms with Crippen LogP contribution in [0.2, 0.25) is 0 Å². The van der Waals surface area contributed by atoms with Crippen LogP contribution in [0.25, 0.3) is 0 Å². The van der Waals surface area contributed by atoms with Crippen LogP contribution in [0.5, 0.6) is 0 Å². The number of halogens is 2. The number of hydrogen-bond acceptors (Lipinski definition) is 1. The normalized spacial score (nSPS) is 23.8. The summed E-state index contributed by atoms with van der Waals surface area (Å²) in [6.45, 7) is 7.24. The zero-order valence-corrected chi connectivity index (χ0v) is 12.0. The molecular weight excluding hydrogens is 244 g/mol. The lowest BCUT2D eigenvalue weighted by atomic mass is 9.88. The Labute approximate surface area is 114 Å². The van der Waals surface area contributed by atoms with E-state index in [0.29, 0.717) is 11.5 Å². The molecule has 0 heterocycles. The molecule has 1 nitrogen and oxygen atoms in total. The quantitative estimate of drug-likeness (QED) is 0.864. The van der Waals surface area contributed by atoms with E-state index >= 15 is 0 Å². The van der Waals surface area contributed by atoms with Crippen LogP contribution in [0.3, 0.4) is 0 Å². The van der Waals surface area contributed by atoms with E-state index in [1.54, 1.807) is 0 Å². The molecule has 1 aromatic carbocycles. The summed E-state index contributed by atoms with van der Waals surface area (Å²) in [6, 6.07) is 3.81. The average molecular weight is 267 g/mol. The lowest BCUT2D eigenvalue weighted by Crippen LogP contribution is -2.39. The Kier molecular flexibility index (Phi) is 4.24. The lowest BCUT2D eigenvalue weighted by molar-refractivity contribution is 0.353. The molecule has 2 unspecified atom stereocenters. The molecule has 1 aliphatic rings. The van der Waals surface area contributed by atoms with E-state index in [4.69, 9.17) is 0 Å². The highest BCUT2D eigenvalue weighted by molar-refractivity contribution is 5.24. The maximum Gasteiger partial charge on any atom is 0.126 e. The topological polar surface area (TPSA) is 12.0 Å². The van der Waals surface area contributed by atoms with Gasteiger partial charge in [0.05, 0.1) is 0 Å². The number of hydrogen-bond donors (Lipinski definition) is 1. The molecule has 1 aromatic rings. The first-order valence-corrected chi connectivity index (χ1v) is 7.07. The van der Waals surface area contributed by atoms with E-state index < -0.39 is 0 Å². The van der Waals surface area contributed by atoms with Gasteiger partial charge in [-0.15, -0.1) is 0 Å². The third-order valence-electron chi connectivity index (χ3n) is 3.91. The fourth-order valence-electron chi connectivity index (χ4n) is 2.93. The third kappa shape index (κ3) is 3.75. The molecule has 0 aromatic heterocycles. The predicted octanol–water partition coefficient (Wildman–Crippen LogP) is 4.24. The van der Waals surface area contributed by atoms with Crippen LogP contribution in [0.15, 0.2) is 18.2 Å². The SMILES string of the molecule is CC(C)(C)NCC1CCCC1c1cc(F)ccc1F. The zero-order valence-electron chi connectivity index (χ0n) is 12.0. The van der Waals surface area contributed by atoms with Crippen molar-refractivity contribution < 1.29 is 8.78 Å². The zero-order chi connectivity index (χ0) is 14.0. The van der Waals surface area contributed by atoms with E-state index in [-0.39, 0.29) is 23.1 Å². The summed E-state index contributed by atoms with van der Waals surface area (Å²) in [4.78, 5) is 0. The molecule has 0 aliphatic heterocycles. The summed E-state index contributed by atoms with van der Waals surface area (Å²) < 4.78 is 27.2. The van der Waals surface area contributed by atoms with Crippen LogP contribution in [-0.2, 0) is 0 Å². The van der Waals surface area contributed by atoms with Crippen molar-refractivity contribution in [2.75, 3.05) is 6.54 Å². The molecule has 106 valence electrons. The molecule has 1 saturated carbocycles. The van der Waals surface area contributed by atoms with E-state index in [1.807, 2.05) is 0 Å². The fraction of sp³-hybridized carbons (Fsp3) is 0.625. The van der Waals surface area contributed by atoms with Crippen LogP contribution in [0, 0.1) is 17.6 Å². The molecule has 0 radical (unpaired) electrons. The third-order valence-corrected chi connectivity index (χ3v) is 3.91. The average Bonchev–Trinajstić information content (AvgIpc) is 2.77. The molecule has 2 rings (SSSR count). The van der Waals surface area contributed by atoms with Gasteiger partial charge in [-0.2, -0.15) is 0 Å². The number of rotatable bonds is 3. The first-order valence-electron chi connectivity index (χ1n) is 7.07. The van der Waals surface area contributed by atoms with Crippen LogP contribution in [0.4, 0.5) is 8.78 Å². The van der Waals surface area contributed by atoms with E-state index in [2.05, 4.69) is 26.1 Å². The Bertz CT molecular complexity index is 437. The minimum atomic E-state index is -0.342. The van der Waals surface area contributed by atoms with Crippen LogP contribution in [0.1, 0.15) is 51.5 Å². The monoisotopic (exact) mass is 267 g/mol. The van der Waals surface area contributed by atoms with Gasteiger partial charge in [-0.05, 0) is 75.8 Å². The predicted molar refractivity (Wildman–Crippen MR) is 74.2 cm³/mol. The van der Waals surface area contributed by atoms with Gasteiger partial charge in [-0.25, -0.2) is 8.78 Å². The second kappa shape index (κ2) is 5.58. The Morgan fingerprint density at radius 1 is 1.21 bits per heavy atom. The summed E-state index contributed by atoms with van der Waals surface area (Å²) in [6.07, 6.45) is 3.14. The largest absolute Gasteiger partial charge is 0.312 e. The van der Waals surface area contributed by atoms with Crippen molar-refractivity contribution in [3.63, 3.8) is 0 Å². The van der Waals surface area contributed by atoms with Crippen LogP contribution in [-0.4, -0.2) is 12.1 Å². The van der Waals surface area contributed by atoms with Gasteiger partial charge in [0.2, 0.25) is 0 Å². The van der Waals surface area contributed by atoms with Gasteiger partial charge in [0.1, 0.15) is 11.6 Å². The minimum Gasteiger partial charge on any atom is -0.312 e. The Morgan fingerprint density at radius 2 is 1.95 bits per heavy atom. The molecular formula is C16H23F2N. The van der Waals surface area contributed by atoms with Crippen molar-refractivity contribution in [3.05, 3.63) is 35.4 Å². The van der Waals surface area contributed by atoms with Crippen molar-refractivity contribution in [1.29, 1.82) is 0 Å². The van der Waals surface area contributed by atoms with Crippen molar-refractivity contribution in [2.24, 2.45) is 5.92 Å². The Balaban J connectivity index is 2.12. The summed E-state index contributed by atoms with van der Waals surface area (Å²) in [5.74, 6) is -0.0686. The van der Waals surface area contributed by atoms with Crippen molar-refractivity contribution in [2.45, 2.75) is 51.5 Å². The van der Waals surface area contributed by atoms with E-state index in [0.717, 1.165) is 25.8 Å². The van der Waals surface area contributed by atoms with E-state index in [9.17, 15) is 8.78 Å². The van der Waals surface area contributed by atoms with E-state index in [1.165, 1.54) is 18.2 Å². The van der Waals surface area contributed by atoms with Gasteiger partial charge in [-0.1, -0.05) is 6.42 Å². The number of benzene rings is 1. The maximum atomic E-state index is 13.9. The second-order valence-electron chi connectivity index (χ2n) is 6.59. The standard InChI is InChI=1S/C16H23F2N/c1-16(2,3)19-10-11-5-4-6-13(11)14-9-12(17)7-8-15(14)18/h7-9,11,13,19H,4-6,10H2,1-3H3. The smallest absolute Gasteiger partial charge is 0.126 e. The number of nitrogens with one attached hydrogen (secondary N) is 1. The fourth-order valence-corrected chi connectivity index (χ4v) is 2.93. The molecule has 19 heavy (non-hydrogen) atoms. The van der Waals surface area contributed by atoms with Gasteiger partial charge in [0.15, 0.2) is 0 Å². The molecule has 0 spiro atoms. The Hall–Kier alpha value is -0.960. The summed E-state index contributed by atoms with van der Waals surface area (Å²) in [5.41, 5.74) is 0.617. The molecule has 0 bridgehead atoms. The van der Waals surface area contributed by atoms with Gasteiger partial charge < -0.3 is 5.32 Å². The minimum absolute atomic E-state index is 0.0631. The van der Waals surface area contributed by atoms with Crippen molar-refractivity contribution >= 4 is 0 Å². The van der Waals surface area contributed by atoms with Crippen molar-refractivity contribution in [3.8, 4) is 0 Å². The maximum absolute atomic E-state index is 13.9. The van der Waals surface area contributed by atoms with Crippen molar-refractivity contribution in [1.82, 2.24) is 5.32 Å². The highest BCUT2D eigenvalue weighted by atomic mass is 19.1. The van der Waals surface area contributed by atoms with Gasteiger partial charge in [-0.3, -0.25) is 0 Å². The van der Waals surface area contributed by atoms with Crippen LogP contribution < -0.4 is 5.32 Å². The summed E-state index contributed by atoms with van der Waals surface area (Å²) in [7, 11) is 0. The first kappa shape index (κ1) is 14.4. The summed E-state index contributed by atoms with van der Waals surface area (Å²) >= 11 is 0. The van der Waals surface area contributed by atoms with Gasteiger partial charge >= 0.3 is 0 Å². The molecule has 1 fully saturated rings. The summed E-state index contributed by atoms with van der Waals surface area (Å²) in [5, 5.41) is 3.48. The van der Waals surface area contributed by atoms with Crippen LogP contribution >= 0.6 is 0 Å². The molecule has 1 N–H and O–H groups in total. The molecule has 0 amide bonds. The highest BCUT2D eigenvalue weighted by Gasteiger charge is 2.31.